The summed E-state index contributed by atoms with van der Waals surface area (Å²) < 4.78 is -0.561. The van der Waals surface area contributed by atoms with Gasteiger partial charge in [0, 0.05) is 17.8 Å². The van der Waals surface area contributed by atoms with Crippen molar-refractivity contribution in [3.63, 3.8) is 0 Å². The van der Waals surface area contributed by atoms with Gasteiger partial charge < -0.3 is 26.0 Å². The molecule has 37 heavy (non-hydrogen) atoms. The average molecular weight is 525 g/mol. The Morgan fingerprint density at radius 1 is 1.14 bits per heavy atom. The van der Waals surface area contributed by atoms with E-state index in [0.29, 0.717) is 6.54 Å². The maximum atomic E-state index is 13.6. The minimum atomic E-state index is -1.55. The largest absolute Gasteiger partial charge is 0.381 e. The average Bonchev–Trinajstić information content (AvgIpc) is 3.21. The van der Waals surface area contributed by atoms with Crippen LogP contribution in [-0.2, 0) is 22.6 Å². The number of urea groups is 1. The molecule has 0 saturated carbocycles. The number of amides is 4. The molecule has 1 aliphatic heterocycles. The second-order valence-electron chi connectivity index (χ2n) is 9.62. The number of hydrogen-bond donors (Lipinski definition) is 4. The van der Waals surface area contributed by atoms with Crippen molar-refractivity contribution >= 4 is 29.6 Å². The van der Waals surface area contributed by atoms with Gasteiger partial charge in [-0.3, -0.25) is 9.59 Å². The zero-order chi connectivity index (χ0) is 27.0. The normalized spacial score (nSPS) is 17.9. The summed E-state index contributed by atoms with van der Waals surface area (Å²) in [4.78, 5) is 40.8. The van der Waals surface area contributed by atoms with E-state index in [-0.39, 0.29) is 24.7 Å². The van der Waals surface area contributed by atoms with Gasteiger partial charge in [0.1, 0.15) is 6.04 Å². The van der Waals surface area contributed by atoms with Crippen LogP contribution >= 0.6 is 11.8 Å². The van der Waals surface area contributed by atoms with E-state index in [1.165, 1.54) is 22.7 Å². The number of benzene rings is 2. The minimum absolute atomic E-state index is 0.240. The number of thioether (sulfide) groups is 1. The number of nitrogens with one attached hydrogen (secondary N) is 3. The highest BCUT2D eigenvalue weighted by atomic mass is 32.2. The number of rotatable bonds is 10. The molecular weight excluding hydrogens is 488 g/mol. The van der Waals surface area contributed by atoms with Gasteiger partial charge in [0.05, 0.1) is 11.9 Å². The number of aliphatic hydroxyl groups excluding tert-OH is 1. The van der Waals surface area contributed by atoms with Crippen molar-refractivity contribution in [3.8, 4) is 0 Å². The summed E-state index contributed by atoms with van der Waals surface area (Å²) in [5.74, 6) is -0.624. The Morgan fingerprint density at radius 3 is 2.49 bits per heavy atom. The first kappa shape index (κ1) is 28.3. The monoisotopic (exact) mass is 524 g/mol. The molecule has 1 saturated heterocycles. The zero-order valence-electron chi connectivity index (χ0n) is 21.6. The molecule has 8 nitrogen and oxygen atoms in total. The molecule has 0 unspecified atom stereocenters. The van der Waals surface area contributed by atoms with Crippen molar-refractivity contribution < 1.29 is 19.5 Å². The minimum Gasteiger partial charge on any atom is -0.381 e. The smallest absolute Gasteiger partial charge is 0.315 e. The Bertz CT molecular complexity index is 1110. The van der Waals surface area contributed by atoms with Gasteiger partial charge in [-0.2, -0.15) is 0 Å². The lowest BCUT2D eigenvalue weighted by Gasteiger charge is -2.33. The number of nitrogens with zero attached hydrogens (tertiary/aromatic N) is 1. The molecule has 0 aromatic heterocycles. The highest BCUT2D eigenvalue weighted by Crippen LogP contribution is 2.40. The summed E-state index contributed by atoms with van der Waals surface area (Å²) in [7, 11) is 0. The van der Waals surface area contributed by atoms with Gasteiger partial charge in [-0.05, 0) is 43.9 Å². The maximum absolute atomic E-state index is 13.6. The first-order valence-electron chi connectivity index (χ1n) is 12.3. The SMILES string of the molecule is C=CCNC(=O)N[C@@H](Cc1ccccc1)[C@H](O)C(=O)N1CSC(C)(C)[C@H]1C(=O)NCc1ccccc1C. The standard InChI is InChI=1S/C28H36N4O4S/c1-5-15-29-27(36)31-22(16-20-12-7-6-8-13-20)23(33)26(35)32-18-37-28(3,4)24(32)25(34)30-17-21-14-10-9-11-19(21)2/h5-14,22-24,33H,1,15-18H2,2-4H3,(H,30,34)(H2,29,31,36)/t22-,23-,24+/m0/s1. The first-order valence-corrected chi connectivity index (χ1v) is 13.3. The van der Waals surface area contributed by atoms with E-state index < -0.39 is 34.9 Å². The van der Waals surface area contributed by atoms with Crippen LogP contribution in [0.3, 0.4) is 0 Å². The number of carbonyl (C=O) groups is 3. The Labute approximate surface area is 222 Å². The van der Waals surface area contributed by atoms with Crippen LogP contribution in [0.2, 0.25) is 0 Å². The fraction of sp³-hybridized carbons (Fsp3) is 0.393. The Kier molecular flexibility index (Phi) is 9.77. The highest BCUT2D eigenvalue weighted by Gasteiger charge is 2.49. The third-order valence-electron chi connectivity index (χ3n) is 6.45. The van der Waals surface area contributed by atoms with E-state index in [9.17, 15) is 19.5 Å². The summed E-state index contributed by atoms with van der Waals surface area (Å²) in [6.07, 6.45) is 0.233. The molecule has 0 radical (unpaired) electrons. The van der Waals surface area contributed by atoms with Gasteiger partial charge >= 0.3 is 6.03 Å². The van der Waals surface area contributed by atoms with Crippen LogP contribution < -0.4 is 16.0 Å². The van der Waals surface area contributed by atoms with Gasteiger partial charge in [-0.15, -0.1) is 18.3 Å². The van der Waals surface area contributed by atoms with Crippen molar-refractivity contribution in [2.45, 2.75) is 56.7 Å². The van der Waals surface area contributed by atoms with E-state index >= 15 is 0 Å². The van der Waals surface area contributed by atoms with E-state index in [2.05, 4.69) is 22.5 Å². The Morgan fingerprint density at radius 2 is 1.81 bits per heavy atom. The summed E-state index contributed by atoms with van der Waals surface area (Å²) in [6.45, 7) is 9.98. The number of hydrogen-bond acceptors (Lipinski definition) is 5. The summed E-state index contributed by atoms with van der Waals surface area (Å²) in [5.41, 5.74) is 2.91. The van der Waals surface area contributed by atoms with Crippen molar-refractivity contribution in [2.24, 2.45) is 0 Å². The summed E-state index contributed by atoms with van der Waals surface area (Å²) in [5, 5.41) is 19.5. The third-order valence-corrected chi connectivity index (χ3v) is 7.82. The Hall–Kier alpha value is -3.30. The Balaban J connectivity index is 1.77. The van der Waals surface area contributed by atoms with Crippen LogP contribution in [0.15, 0.2) is 67.3 Å². The van der Waals surface area contributed by atoms with Crippen LogP contribution in [0, 0.1) is 6.92 Å². The van der Waals surface area contributed by atoms with Crippen molar-refractivity contribution in [1.29, 1.82) is 0 Å². The molecule has 3 atom stereocenters. The van der Waals surface area contributed by atoms with Gasteiger partial charge in [-0.25, -0.2) is 4.79 Å². The second-order valence-corrected chi connectivity index (χ2v) is 11.2. The fourth-order valence-electron chi connectivity index (χ4n) is 4.34. The van der Waals surface area contributed by atoms with Gasteiger partial charge in [-0.1, -0.05) is 60.7 Å². The van der Waals surface area contributed by atoms with Crippen LogP contribution in [0.4, 0.5) is 4.79 Å². The lowest BCUT2D eigenvalue weighted by atomic mass is 9.97. The molecule has 0 spiro atoms. The molecule has 3 rings (SSSR count). The molecule has 2 aromatic carbocycles. The fourth-order valence-corrected chi connectivity index (χ4v) is 5.48. The lowest BCUT2D eigenvalue weighted by Crippen LogP contribution is -2.59. The van der Waals surface area contributed by atoms with Crippen molar-refractivity contribution in [2.75, 3.05) is 12.4 Å². The van der Waals surface area contributed by atoms with Gasteiger partial charge in [0.25, 0.3) is 5.91 Å². The van der Waals surface area contributed by atoms with Gasteiger partial charge in [0.2, 0.25) is 5.91 Å². The van der Waals surface area contributed by atoms with Crippen LogP contribution in [-0.4, -0.2) is 63.2 Å². The van der Waals surface area contributed by atoms with E-state index in [1.54, 1.807) is 0 Å². The summed E-state index contributed by atoms with van der Waals surface area (Å²) in [6, 6.07) is 14.9. The highest BCUT2D eigenvalue weighted by molar-refractivity contribution is 8.00. The van der Waals surface area contributed by atoms with Crippen molar-refractivity contribution in [3.05, 3.63) is 83.9 Å². The van der Waals surface area contributed by atoms with E-state index in [4.69, 9.17) is 0 Å². The third kappa shape index (κ3) is 7.36. The predicted molar refractivity (Wildman–Crippen MR) is 147 cm³/mol. The molecule has 198 valence electrons. The summed E-state index contributed by atoms with van der Waals surface area (Å²) >= 11 is 1.48. The topological polar surface area (TPSA) is 111 Å². The lowest BCUT2D eigenvalue weighted by molar-refractivity contribution is -0.147. The predicted octanol–water partition coefficient (Wildman–Crippen LogP) is 2.75. The van der Waals surface area contributed by atoms with Crippen molar-refractivity contribution in [1.82, 2.24) is 20.9 Å². The molecule has 0 aliphatic carbocycles. The molecule has 1 fully saturated rings. The van der Waals surface area contributed by atoms with Crippen LogP contribution in [0.1, 0.15) is 30.5 Å². The second kappa shape index (κ2) is 12.8. The first-order chi connectivity index (χ1) is 17.6. The maximum Gasteiger partial charge on any atom is 0.315 e. The number of carbonyl (C=O) groups excluding carboxylic acids is 3. The van der Waals surface area contributed by atoms with E-state index in [1.807, 2.05) is 75.4 Å². The van der Waals surface area contributed by atoms with Crippen LogP contribution in [0.25, 0.3) is 0 Å². The number of aliphatic hydroxyl groups is 1. The molecule has 4 N–H and O–H groups in total. The quantitative estimate of drug-likeness (QED) is 0.357. The molecule has 9 heteroatoms. The molecule has 1 aliphatic rings. The molecular formula is C28H36N4O4S. The van der Waals surface area contributed by atoms with E-state index in [0.717, 1.165) is 16.7 Å². The van der Waals surface area contributed by atoms with Crippen LogP contribution in [0.5, 0.6) is 0 Å². The van der Waals surface area contributed by atoms with Gasteiger partial charge in [0.15, 0.2) is 6.10 Å². The zero-order valence-corrected chi connectivity index (χ0v) is 22.4. The number of aryl methyl sites for hydroxylation is 1. The molecule has 0 bridgehead atoms. The molecule has 1 heterocycles. The molecule has 4 amide bonds. The molecule has 2 aromatic rings.